The number of aromatic nitrogens is 4. The van der Waals surface area contributed by atoms with Crippen LogP contribution in [0.5, 0.6) is 0 Å². The Labute approximate surface area is 221 Å². The van der Waals surface area contributed by atoms with Gasteiger partial charge in [-0.1, -0.05) is 6.07 Å². The molecule has 0 saturated carbocycles. The molecule has 0 atom stereocenters. The van der Waals surface area contributed by atoms with E-state index in [2.05, 4.69) is 25.3 Å². The van der Waals surface area contributed by atoms with E-state index in [0.29, 0.717) is 41.6 Å². The maximum atomic E-state index is 13.2. The zero-order valence-electron chi connectivity index (χ0n) is 19.9. The monoisotopic (exact) mass is 563 g/mol. The Kier molecular flexibility index (Phi) is 6.84. The predicted octanol–water partition coefficient (Wildman–Crippen LogP) is 4.65. The van der Waals surface area contributed by atoms with Crippen LogP contribution in [-0.4, -0.2) is 58.8 Å². The highest BCUT2D eigenvalue weighted by Gasteiger charge is 2.31. The summed E-state index contributed by atoms with van der Waals surface area (Å²) in [5.41, 5.74) is 0.530. The number of nitrogens with zero attached hydrogens (tertiary/aromatic N) is 6. The smallest absolute Gasteiger partial charge is 0.355 e. The van der Waals surface area contributed by atoms with Crippen molar-refractivity contribution in [3.8, 4) is 0 Å². The highest BCUT2D eigenvalue weighted by atomic mass is 35.5. The van der Waals surface area contributed by atoms with E-state index < -0.39 is 21.8 Å². The van der Waals surface area contributed by atoms with E-state index in [1.165, 1.54) is 28.7 Å². The molecule has 9 nitrogen and oxygen atoms in total. The topological polar surface area (TPSA) is 104 Å². The molecule has 198 valence electrons. The third-order valence-electron chi connectivity index (χ3n) is 6.07. The SMILES string of the molecule is Cc1nc(Cl)nc(N2CCN(S(=O)(=O)c3ccc(Nc4ccnc5cc(C(F)(F)F)ccc45)cc3)CC2)n1. The summed E-state index contributed by atoms with van der Waals surface area (Å²) in [6.07, 6.45) is -3.05. The van der Waals surface area contributed by atoms with Crippen LogP contribution in [0.1, 0.15) is 11.4 Å². The van der Waals surface area contributed by atoms with Crippen LogP contribution >= 0.6 is 11.6 Å². The van der Waals surface area contributed by atoms with Crippen molar-refractivity contribution in [1.82, 2.24) is 24.2 Å². The summed E-state index contributed by atoms with van der Waals surface area (Å²) < 4.78 is 67.0. The van der Waals surface area contributed by atoms with E-state index in [-0.39, 0.29) is 28.8 Å². The standard InChI is InChI=1S/C24H21ClF3N7O2S/c1-15-30-22(25)33-23(31-15)34-10-12-35(13-11-34)38(36,37)18-5-3-17(4-6-18)32-20-8-9-29-21-14-16(24(26,27)28)2-7-19(20)21/h2-9,14H,10-13H2,1H3,(H,29,32). The molecular formula is C24H21ClF3N7O2S. The van der Waals surface area contributed by atoms with Crippen LogP contribution in [0.2, 0.25) is 5.28 Å². The van der Waals surface area contributed by atoms with Crippen molar-refractivity contribution in [2.45, 2.75) is 18.0 Å². The van der Waals surface area contributed by atoms with Gasteiger partial charge in [-0.2, -0.15) is 27.4 Å². The lowest BCUT2D eigenvalue weighted by molar-refractivity contribution is -0.137. The number of hydrogen-bond acceptors (Lipinski definition) is 8. The zero-order chi connectivity index (χ0) is 27.1. The molecule has 1 aliphatic rings. The highest BCUT2D eigenvalue weighted by molar-refractivity contribution is 7.89. The molecule has 0 aliphatic carbocycles. The number of nitrogens with one attached hydrogen (secondary N) is 1. The summed E-state index contributed by atoms with van der Waals surface area (Å²) >= 11 is 5.92. The van der Waals surface area contributed by atoms with Crippen molar-refractivity contribution in [3.05, 3.63) is 71.4 Å². The van der Waals surface area contributed by atoms with Gasteiger partial charge in [0.1, 0.15) is 5.82 Å². The number of aryl methyl sites for hydroxylation is 1. The fraction of sp³-hybridized carbons (Fsp3) is 0.250. The van der Waals surface area contributed by atoms with Crippen molar-refractivity contribution >= 4 is 49.9 Å². The summed E-state index contributed by atoms with van der Waals surface area (Å²) in [4.78, 5) is 18.4. The molecule has 2 aromatic heterocycles. The number of alkyl halides is 3. The van der Waals surface area contributed by atoms with E-state index in [1.54, 1.807) is 25.1 Å². The second-order valence-electron chi connectivity index (χ2n) is 8.58. The number of halogens is 4. The number of piperazine rings is 1. The second kappa shape index (κ2) is 9.97. The summed E-state index contributed by atoms with van der Waals surface area (Å²) in [5, 5.41) is 3.72. The molecule has 0 bridgehead atoms. The third-order valence-corrected chi connectivity index (χ3v) is 8.15. The molecule has 0 unspecified atom stereocenters. The van der Waals surface area contributed by atoms with E-state index in [1.807, 2.05) is 4.90 Å². The largest absolute Gasteiger partial charge is 0.416 e. The van der Waals surface area contributed by atoms with Gasteiger partial charge in [0.25, 0.3) is 0 Å². The van der Waals surface area contributed by atoms with Crippen LogP contribution in [0.4, 0.5) is 30.5 Å². The van der Waals surface area contributed by atoms with Gasteiger partial charge in [-0.3, -0.25) is 4.98 Å². The molecule has 0 spiro atoms. The fourth-order valence-corrected chi connectivity index (χ4v) is 5.77. The van der Waals surface area contributed by atoms with Gasteiger partial charge < -0.3 is 10.2 Å². The normalized spacial score (nSPS) is 15.1. The predicted molar refractivity (Wildman–Crippen MR) is 137 cm³/mol. The van der Waals surface area contributed by atoms with Crippen LogP contribution < -0.4 is 10.2 Å². The molecule has 0 radical (unpaired) electrons. The highest BCUT2D eigenvalue weighted by Crippen LogP contribution is 2.33. The molecule has 2 aromatic carbocycles. The number of anilines is 3. The van der Waals surface area contributed by atoms with Crippen LogP contribution in [0.25, 0.3) is 10.9 Å². The maximum absolute atomic E-state index is 13.2. The van der Waals surface area contributed by atoms with Gasteiger partial charge in [0.2, 0.25) is 21.3 Å². The number of sulfonamides is 1. The molecule has 1 saturated heterocycles. The van der Waals surface area contributed by atoms with Gasteiger partial charge in [-0.15, -0.1) is 0 Å². The molecule has 5 rings (SSSR count). The number of rotatable bonds is 5. The van der Waals surface area contributed by atoms with Crippen molar-refractivity contribution in [2.24, 2.45) is 0 Å². The first-order valence-corrected chi connectivity index (χ1v) is 13.3. The molecule has 0 amide bonds. The average molecular weight is 564 g/mol. The van der Waals surface area contributed by atoms with Crippen molar-refractivity contribution in [1.29, 1.82) is 0 Å². The summed E-state index contributed by atoms with van der Waals surface area (Å²) in [6.45, 7) is 2.98. The second-order valence-corrected chi connectivity index (χ2v) is 10.9. The number of pyridine rings is 1. The van der Waals surface area contributed by atoms with Crippen LogP contribution in [0, 0.1) is 6.92 Å². The number of benzene rings is 2. The lowest BCUT2D eigenvalue weighted by Gasteiger charge is -2.34. The Bertz CT molecular complexity index is 1570. The van der Waals surface area contributed by atoms with E-state index in [9.17, 15) is 21.6 Å². The quantitative estimate of drug-likeness (QED) is 0.374. The van der Waals surface area contributed by atoms with Gasteiger partial charge in [0.15, 0.2) is 0 Å². The first-order chi connectivity index (χ1) is 18.0. The lowest BCUT2D eigenvalue weighted by atomic mass is 10.1. The molecule has 1 N–H and O–H groups in total. The van der Waals surface area contributed by atoms with Gasteiger partial charge in [0, 0.05) is 49.1 Å². The Morgan fingerprint density at radius 1 is 0.947 bits per heavy atom. The fourth-order valence-electron chi connectivity index (χ4n) is 4.15. The molecule has 1 aliphatic heterocycles. The average Bonchev–Trinajstić information content (AvgIpc) is 2.88. The maximum Gasteiger partial charge on any atom is 0.416 e. The van der Waals surface area contributed by atoms with Crippen molar-refractivity contribution in [3.63, 3.8) is 0 Å². The van der Waals surface area contributed by atoms with Crippen LogP contribution in [0.3, 0.4) is 0 Å². The zero-order valence-corrected chi connectivity index (χ0v) is 21.5. The first kappa shape index (κ1) is 26.1. The third kappa shape index (κ3) is 5.35. The summed E-state index contributed by atoms with van der Waals surface area (Å²) in [7, 11) is -3.74. The van der Waals surface area contributed by atoms with Gasteiger partial charge in [-0.25, -0.2) is 13.4 Å². The minimum atomic E-state index is -4.47. The Balaban J connectivity index is 1.29. The van der Waals surface area contributed by atoms with Crippen LogP contribution in [0.15, 0.2) is 59.6 Å². The van der Waals surface area contributed by atoms with Gasteiger partial charge in [0.05, 0.1) is 16.0 Å². The van der Waals surface area contributed by atoms with E-state index in [0.717, 1.165) is 12.1 Å². The molecule has 38 heavy (non-hydrogen) atoms. The minimum Gasteiger partial charge on any atom is -0.355 e. The molecule has 1 fully saturated rings. The van der Waals surface area contributed by atoms with Crippen LogP contribution in [-0.2, 0) is 16.2 Å². The molecule has 4 aromatic rings. The van der Waals surface area contributed by atoms with Gasteiger partial charge >= 0.3 is 6.18 Å². The van der Waals surface area contributed by atoms with Crippen molar-refractivity contribution in [2.75, 3.05) is 36.4 Å². The molecule has 14 heteroatoms. The lowest BCUT2D eigenvalue weighted by Crippen LogP contribution is -2.49. The Morgan fingerprint density at radius 3 is 2.32 bits per heavy atom. The molecular weight excluding hydrogens is 543 g/mol. The first-order valence-electron chi connectivity index (χ1n) is 11.5. The van der Waals surface area contributed by atoms with Gasteiger partial charge in [-0.05, 0) is 61.0 Å². The van der Waals surface area contributed by atoms with E-state index in [4.69, 9.17) is 11.6 Å². The van der Waals surface area contributed by atoms with E-state index >= 15 is 0 Å². The molecule has 3 heterocycles. The summed E-state index contributed by atoms with van der Waals surface area (Å²) in [6, 6.07) is 11.2. The summed E-state index contributed by atoms with van der Waals surface area (Å²) in [5.74, 6) is 0.891. The minimum absolute atomic E-state index is 0.0853. The number of hydrogen-bond donors (Lipinski definition) is 1. The Morgan fingerprint density at radius 2 is 1.66 bits per heavy atom. The number of fused-ring (bicyclic) bond motifs is 1. The Hall–Kier alpha value is -3.55. The van der Waals surface area contributed by atoms with Crippen molar-refractivity contribution < 1.29 is 21.6 Å².